The molecule has 0 amide bonds. The Kier molecular flexibility index (Phi) is 0.906. The van der Waals surface area contributed by atoms with Gasteiger partial charge < -0.3 is 4.74 Å². The summed E-state index contributed by atoms with van der Waals surface area (Å²) >= 11 is 0. The van der Waals surface area contributed by atoms with Crippen molar-refractivity contribution in [2.75, 3.05) is 6.73 Å². The molecule has 1 aliphatic heterocycles. The lowest BCUT2D eigenvalue weighted by molar-refractivity contribution is 0.257. The van der Waals surface area contributed by atoms with Crippen LogP contribution in [0.3, 0.4) is 0 Å². The summed E-state index contributed by atoms with van der Waals surface area (Å²) in [6.45, 7) is 0.451. The van der Waals surface area contributed by atoms with Crippen LogP contribution in [0, 0.1) is 6.08 Å². The maximum absolute atomic E-state index is 4.64. The molecule has 0 atom stereocenters. The van der Waals surface area contributed by atoms with E-state index in [1.807, 2.05) is 0 Å². The first-order valence-electron chi connectivity index (χ1n) is 1.68. The van der Waals surface area contributed by atoms with Crippen LogP contribution in [0.4, 0.5) is 0 Å². The van der Waals surface area contributed by atoms with Crippen LogP contribution in [0.2, 0.25) is 0 Å². The van der Waals surface area contributed by atoms with E-state index in [1.165, 1.54) is 6.26 Å². The second-order valence-corrected chi connectivity index (χ2v) is 0.892. The molecule has 2 nitrogen and oxygen atoms in total. The van der Waals surface area contributed by atoms with Gasteiger partial charge in [0.2, 0.25) is 0 Å². The molecule has 0 aromatic heterocycles. The number of nitrogens with zero attached hydrogens (tertiary/aromatic N) is 1. The standard InChI is InChI=1S/C4H4NO/c1-2-5-4-6-3-1/h2-3H,4H2. The van der Waals surface area contributed by atoms with Crippen molar-refractivity contribution < 1.29 is 4.74 Å². The molecule has 1 radical (unpaired) electrons. The first kappa shape index (κ1) is 3.40. The minimum atomic E-state index is 0.451. The number of rotatable bonds is 0. The summed E-state index contributed by atoms with van der Waals surface area (Å²) in [5.74, 6) is 0. The van der Waals surface area contributed by atoms with Gasteiger partial charge in [-0.1, -0.05) is 0 Å². The van der Waals surface area contributed by atoms with Gasteiger partial charge in [0.1, 0.15) is 0 Å². The van der Waals surface area contributed by atoms with E-state index in [9.17, 15) is 0 Å². The monoisotopic (exact) mass is 82.0 g/mol. The van der Waals surface area contributed by atoms with Gasteiger partial charge in [-0.2, -0.15) is 0 Å². The number of hydrogen-bond donors (Lipinski definition) is 0. The Balaban J connectivity index is 2.46. The molecule has 0 bridgehead atoms. The number of allylic oxidation sites excluding steroid dienone is 1. The summed E-state index contributed by atoms with van der Waals surface area (Å²) in [6.07, 6.45) is 5.73. The van der Waals surface area contributed by atoms with Crippen LogP contribution in [0.15, 0.2) is 11.3 Å². The highest BCUT2D eigenvalue weighted by Gasteiger charge is 1.76. The number of ether oxygens (including phenoxy) is 1. The highest BCUT2D eigenvalue weighted by Crippen LogP contribution is 1.80. The van der Waals surface area contributed by atoms with Crippen molar-refractivity contribution in [3.8, 4) is 0 Å². The first-order valence-corrected chi connectivity index (χ1v) is 1.68. The van der Waals surface area contributed by atoms with E-state index in [0.717, 1.165) is 0 Å². The molecule has 0 unspecified atom stereocenters. The second-order valence-electron chi connectivity index (χ2n) is 0.892. The van der Waals surface area contributed by atoms with E-state index in [1.54, 1.807) is 6.21 Å². The lowest BCUT2D eigenvalue weighted by Gasteiger charge is -1.93. The molecular weight excluding hydrogens is 78.0 g/mol. The average molecular weight is 82.1 g/mol. The summed E-state index contributed by atoms with van der Waals surface area (Å²) in [4.78, 5) is 3.69. The molecule has 0 aromatic carbocycles. The van der Waals surface area contributed by atoms with Crippen molar-refractivity contribution in [3.05, 3.63) is 12.3 Å². The molecule has 0 N–H and O–H groups in total. The summed E-state index contributed by atoms with van der Waals surface area (Å²) < 4.78 is 4.64. The molecule has 2 heteroatoms. The van der Waals surface area contributed by atoms with E-state index in [2.05, 4.69) is 15.8 Å². The molecule has 1 rings (SSSR count). The zero-order chi connectivity index (χ0) is 4.24. The molecule has 0 saturated carbocycles. The molecule has 0 aromatic rings. The van der Waals surface area contributed by atoms with Crippen LogP contribution in [-0.2, 0) is 4.74 Å². The quantitative estimate of drug-likeness (QED) is 0.413. The maximum atomic E-state index is 4.64. The van der Waals surface area contributed by atoms with Gasteiger partial charge in [-0.15, -0.1) is 0 Å². The third-order valence-electron chi connectivity index (χ3n) is 0.466. The van der Waals surface area contributed by atoms with Gasteiger partial charge in [0.05, 0.1) is 6.26 Å². The fourth-order valence-corrected chi connectivity index (χ4v) is 0.249. The fraction of sp³-hybridized carbons (Fsp3) is 0.250. The van der Waals surface area contributed by atoms with Gasteiger partial charge in [-0.25, -0.2) is 0 Å². The predicted molar refractivity (Wildman–Crippen MR) is 22.3 cm³/mol. The van der Waals surface area contributed by atoms with Crippen LogP contribution in [0.25, 0.3) is 0 Å². The van der Waals surface area contributed by atoms with E-state index < -0.39 is 0 Å². The van der Waals surface area contributed by atoms with Crippen molar-refractivity contribution in [1.82, 2.24) is 0 Å². The SMILES string of the molecule is [C]1=COCN=C1. The maximum Gasteiger partial charge on any atom is 0.178 e. The van der Waals surface area contributed by atoms with Crippen LogP contribution in [-0.4, -0.2) is 12.9 Å². The van der Waals surface area contributed by atoms with Gasteiger partial charge in [-0.05, 0) is 0 Å². The normalized spacial score (nSPS) is 17.3. The molecule has 1 heterocycles. The summed E-state index contributed by atoms with van der Waals surface area (Å²) in [7, 11) is 0. The lowest BCUT2D eigenvalue weighted by atomic mass is 10.7. The Hall–Kier alpha value is -0.790. The smallest absolute Gasteiger partial charge is 0.178 e. The van der Waals surface area contributed by atoms with Crippen molar-refractivity contribution in [1.29, 1.82) is 0 Å². The minimum absolute atomic E-state index is 0.451. The second kappa shape index (κ2) is 1.60. The Morgan fingerprint density at radius 3 is 3.00 bits per heavy atom. The van der Waals surface area contributed by atoms with Crippen molar-refractivity contribution >= 4 is 6.21 Å². The lowest BCUT2D eigenvalue weighted by Crippen LogP contribution is -1.87. The Labute approximate surface area is 36.1 Å². The Morgan fingerprint density at radius 2 is 2.83 bits per heavy atom. The fourth-order valence-electron chi connectivity index (χ4n) is 0.249. The van der Waals surface area contributed by atoms with E-state index in [4.69, 9.17) is 0 Å². The molecule has 1 aliphatic rings. The van der Waals surface area contributed by atoms with E-state index in [0.29, 0.717) is 6.73 Å². The zero-order valence-electron chi connectivity index (χ0n) is 3.22. The Morgan fingerprint density at radius 1 is 1.83 bits per heavy atom. The van der Waals surface area contributed by atoms with Gasteiger partial charge in [0, 0.05) is 12.3 Å². The van der Waals surface area contributed by atoms with Crippen LogP contribution in [0.1, 0.15) is 0 Å². The molecule has 0 saturated heterocycles. The summed E-state index contributed by atoms with van der Waals surface area (Å²) in [5.41, 5.74) is 0. The molecule has 31 valence electrons. The number of aliphatic imine (C=N–C) groups is 1. The van der Waals surface area contributed by atoms with Crippen molar-refractivity contribution in [2.24, 2.45) is 4.99 Å². The average Bonchev–Trinajstić information content (AvgIpc) is 1.72. The third-order valence-corrected chi connectivity index (χ3v) is 0.466. The highest BCUT2D eigenvalue weighted by molar-refractivity contribution is 5.66. The third kappa shape index (κ3) is 0.578. The van der Waals surface area contributed by atoms with Crippen LogP contribution in [0.5, 0.6) is 0 Å². The van der Waals surface area contributed by atoms with Gasteiger partial charge in [-0.3, -0.25) is 4.99 Å². The van der Waals surface area contributed by atoms with Gasteiger partial charge >= 0.3 is 0 Å². The molecule has 6 heavy (non-hydrogen) atoms. The molecule has 0 spiro atoms. The van der Waals surface area contributed by atoms with Gasteiger partial charge in [0.25, 0.3) is 0 Å². The van der Waals surface area contributed by atoms with E-state index >= 15 is 0 Å². The van der Waals surface area contributed by atoms with Crippen molar-refractivity contribution in [2.45, 2.75) is 0 Å². The van der Waals surface area contributed by atoms with Crippen molar-refractivity contribution in [3.63, 3.8) is 0 Å². The predicted octanol–water partition coefficient (Wildman–Crippen LogP) is 0.362. The van der Waals surface area contributed by atoms with E-state index in [-0.39, 0.29) is 0 Å². The molecule has 0 aliphatic carbocycles. The van der Waals surface area contributed by atoms with Gasteiger partial charge in [0.15, 0.2) is 6.73 Å². The van der Waals surface area contributed by atoms with Crippen LogP contribution >= 0.6 is 0 Å². The van der Waals surface area contributed by atoms with Crippen LogP contribution < -0.4 is 0 Å². The molecular formula is C4H4NO. The summed E-state index contributed by atoms with van der Waals surface area (Å²) in [5, 5.41) is 0. The summed E-state index contributed by atoms with van der Waals surface area (Å²) in [6, 6.07) is 0. The zero-order valence-corrected chi connectivity index (χ0v) is 3.22. The Bertz CT molecular complexity index is 73.5. The highest BCUT2D eigenvalue weighted by atomic mass is 16.5. The topological polar surface area (TPSA) is 21.6 Å². The minimum Gasteiger partial charge on any atom is -0.478 e. The first-order chi connectivity index (χ1) is 3.00. The molecule has 0 fully saturated rings. The number of hydrogen-bond acceptors (Lipinski definition) is 2. The largest absolute Gasteiger partial charge is 0.478 e.